The van der Waals surface area contributed by atoms with Gasteiger partial charge in [-0.15, -0.1) is 0 Å². The zero-order valence-electron chi connectivity index (χ0n) is 17.2. The van der Waals surface area contributed by atoms with Gasteiger partial charge in [-0.2, -0.15) is 0 Å². The molecule has 0 fully saturated rings. The Bertz CT molecular complexity index is 956. The number of para-hydroxylation sites is 3. The molecule has 0 aliphatic rings. The molecule has 1 amide bonds. The second-order valence-corrected chi connectivity index (χ2v) is 7.28. The monoisotopic (exact) mass is 405 g/mol. The van der Waals surface area contributed by atoms with Crippen molar-refractivity contribution in [2.75, 3.05) is 18.5 Å². The molecule has 0 spiro atoms. The molecule has 5 nitrogen and oxygen atoms in total. The van der Waals surface area contributed by atoms with Gasteiger partial charge in [-0.05, 0) is 41.8 Å². The Morgan fingerprint density at radius 3 is 2.10 bits per heavy atom. The van der Waals surface area contributed by atoms with Crippen molar-refractivity contribution >= 4 is 11.6 Å². The molecule has 0 heterocycles. The Kier molecular flexibility index (Phi) is 7.46. The van der Waals surface area contributed by atoms with Crippen LogP contribution in [0.3, 0.4) is 0 Å². The van der Waals surface area contributed by atoms with Crippen molar-refractivity contribution < 1.29 is 19.4 Å². The minimum Gasteiger partial charge on any atom is -0.490 e. The number of aliphatic hydroxyl groups excluding tert-OH is 1. The first-order valence-electron chi connectivity index (χ1n) is 10.0. The molecule has 2 N–H and O–H groups in total. The zero-order valence-corrected chi connectivity index (χ0v) is 17.2. The quantitative estimate of drug-likeness (QED) is 0.532. The minimum atomic E-state index is -0.838. The number of amides is 1. The number of carbonyl (C=O) groups is 1. The highest BCUT2D eigenvalue weighted by Gasteiger charge is 2.15. The molecule has 3 aromatic rings. The maximum Gasteiger partial charge on any atom is 0.259 e. The highest BCUT2D eigenvalue weighted by atomic mass is 16.5. The van der Waals surface area contributed by atoms with Gasteiger partial charge in [0, 0.05) is 5.69 Å². The van der Waals surface area contributed by atoms with Crippen LogP contribution in [0.25, 0.3) is 0 Å². The minimum absolute atomic E-state index is 0.0134. The molecular weight excluding hydrogens is 378 g/mol. The molecule has 1 atom stereocenters. The Labute approximate surface area is 177 Å². The predicted octanol–water partition coefficient (Wildman–Crippen LogP) is 4.88. The van der Waals surface area contributed by atoms with Gasteiger partial charge in [-0.25, -0.2) is 0 Å². The van der Waals surface area contributed by atoms with Gasteiger partial charge in [0.1, 0.15) is 30.8 Å². The lowest BCUT2D eigenvalue weighted by molar-refractivity contribution is 0.0616. The molecule has 0 saturated carbocycles. The van der Waals surface area contributed by atoms with Gasteiger partial charge in [-0.3, -0.25) is 4.79 Å². The number of hydrogen-bond donors (Lipinski definition) is 2. The number of ether oxygens (including phenoxy) is 2. The van der Waals surface area contributed by atoms with E-state index in [9.17, 15) is 9.90 Å². The van der Waals surface area contributed by atoms with E-state index in [1.807, 2.05) is 54.6 Å². The molecule has 0 aliphatic carbocycles. The van der Waals surface area contributed by atoms with Gasteiger partial charge in [-0.1, -0.05) is 62.4 Å². The van der Waals surface area contributed by atoms with Crippen LogP contribution in [-0.2, 0) is 0 Å². The highest BCUT2D eigenvalue weighted by Crippen LogP contribution is 2.26. The summed E-state index contributed by atoms with van der Waals surface area (Å²) >= 11 is 0. The first-order chi connectivity index (χ1) is 14.5. The molecule has 0 aromatic heterocycles. The second kappa shape index (κ2) is 10.5. The lowest BCUT2D eigenvalue weighted by Gasteiger charge is -2.18. The van der Waals surface area contributed by atoms with Crippen molar-refractivity contribution in [3.8, 4) is 11.5 Å². The lowest BCUT2D eigenvalue weighted by atomic mass is 10.0. The molecule has 30 heavy (non-hydrogen) atoms. The van der Waals surface area contributed by atoms with Crippen LogP contribution in [0.4, 0.5) is 5.69 Å². The molecule has 0 radical (unpaired) electrons. The summed E-state index contributed by atoms with van der Waals surface area (Å²) in [6.45, 7) is 4.31. The molecule has 3 aromatic carbocycles. The summed E-state index contributed by atoms with van der Waals surface area (Å²) in [6.07, 6.45) is -0.838. The highest BCUT2D eigenvalue weighted by molar-refractivity contribution is 6.06. The third-order valence-electron chi connectivity index (χ3n) is 4.57. The molecule has 0 saturated heterocycles. The summed E-state index contributed by atoms with van der Waals surface area (Å²) in [4.78, 5) is 12.6. The van der Waals surface area contributed by atoms with E-state index in [1.165, 1.54) is 0 Å². The molecule has 0 unspecified atom stereocenters. The van der Waals surface area contributed by atoms with Crippen LogP contribution in [-0.4, -0.2) is 30.3 Å². The smallest absolute Gasteiger partial charge is 0.259 e. The van der Waals surface area contributed by atoms with E-state index >= 15 is 0 Å². The summed E-state index contributed by atoms with van der Waals surface area (Å²) in [5.74, 6) is 1.22. The Hall–Kier alpha value is -3.31. The van der Waals surface area contributed by atoms with Crippen molar-refractivity contribution in [1.29, 1.82) is 0 Å². The molecule has 5 heteroatoms. The Balaban J connectivity index is 1.58. The predicted molar refractivity (Wildman–Crippen MR) is 118 cm³/mol. The van der Waals surface area contributed by atoms with Crippen molar-refractivity contribution in [3.05, 3.63) is 90.0 Å². The average molecular weight is 405 g/mol. The maximum absolute atomic E-state index is 12.6. The van der Waals surface area contributed by atoms with Crippen molar-refractivity contribution in [1.82, 2.24) is 0 Å². The van der Waals surface area contributed by atoms with E-state index in [0.717, 1.165) is 11.3 Å². The standard InChI is InChI=1S/C25H27NO4/c1-18(2)21-12-6-8-14-23(21)29-16-20(27)17-30-24-15-9-7-13-22(24)25(28)26-19-10-4-3-5-11-19/h3-15,18,20,27H,16-17H2,1-2H3,(H,26,28)/t20-/m0/s1. The summed E-state index contributed by atoms with van der Waals surface area (Å²) < 4.78 is 11.5. The fraction of sp³-hybridized carbons (Fsp3) is 0.240. The zero-order chi connectivity index (χ0) is 21.3. The number of aliphatic hydroxyl groups is 1. The largest absolute Gasteiger partial charge is 0.490 e. The van der Waals surface area contributed by atoms with E-state index in [4.69, 9.17) is 9.47 Å². The molecular formula is C25H27NO4. The van der Waals surface area contributed by atoms with Crippen LogP contribution < -0.4 is 14.8 Å². The normalized spacial score (nSPS) is 11.7. The third kappa shape index (κ3) is 5.84. The van der Waals surface area contributed by atoms with Crippen molar-refractivity contribution in [2.24, 2.45) is 0 Å². The van der Waals surface area contributed by atoms with Crippen molar-refractivity contribution in [3.63, 3.8) is 0 Å². The summed E-state index contributed by atoms with van der Waals surface area (Å²) in [7, 11) is 0. The number of rotatable bonds is 9. The number of hydrogen-bond acceptors (Lipinski definition) is 4. The fourth-order valence-corrected chi connectivity index (χ4v) is 3.01. The molecule has 0 aliphatic heterocycles. The van der Waals surface area contributed by atoms with Gasteiger partial charge in [0.2, 0.25) is 0 Å². The third-order valence-corrected chi connectivity index (χ3v) is 4.57. The van der Waals surface area contributed by atoms with Gasteiger partial charge < -0.3 is 19.9 Å². The van der Waals surface area contributed by atoms with E-state index in [1.54, 1.807) is 24.3 Å². The summed E-state index contributed by atoms with van der Waals surface area (Å²) in [5.41, 5.74) is 2.20. The number of anilines is 1. The van der Waals surface area contributed by atoms with Crippen LogP contribution in [0, 0.1) is 0 Å². The second-order valence-electron chi connectivity index (χ2n) is 7.28. The van der Waals surface area contributed by atoms with E-state index < -0.39 is 6.10 Å². The van der Waals surface area contributed by atoms with Crippen LogP contribution >= 0.6 is 0 Å². The van der Waals surface area contributed by atoms with Gasteiger partial charge in [0.15, 0.2) is 0 Å². The summed E-state index contributed by atoms with van der Waals surface area (Å²) in [5, 5.41) is 13.2. The van der Waals surface area contributed by atoms with E-state index in [2.05, 4.69) is 19.2 Å². The first kappa shape index (κ1) is 21.4. The number of carbonyl (C=O) groups excluding carboxylic acids is 1. The number of nitrogens with one attached hydrogen (secondary N) is 1. The van der Waals surface area contributed by atoms with Gasteiger partial charge >= 0.3 is 0 Å². The van der Waals surface area contributed by atoms with Gasteiger partial charge in [0.05, 0.1) is 5.56 Å². The van der Waals surface area contributed by atoms with E-state index in [0.29, 0.717) is 22.9 Å². The SMILES string of the molecule is CC(C)c1ccccc1OC[C@H](O)COc1ccccc1C(=O)Nc1ccccc1. The maximum atomic E-state index is 12.6. The molecule has 3 rings (SSSR count). The molecule has 0 bridgehead atoms. The van der Waals surface area contributed by atoms with Crippen LogP contribution in [0.1, 0.15) is 35.7 Å². The number of benzene rings is 3. The van der Waals surface area contributed by atoms with Crippen LogP contribution in [0.15, 0.2) is 78.9 Å². The fourth-order valence-electron chi connectivity index (χ4n) is 3.01. The van der Waals surface area contributed by atoms with Crippen LogP contribution in [0.5, 0.6) is 11.5 Å². The Morgan fingerprint density at radius 1 is 0.833 bits per heavy atom. The lowest BCUT2D eigenvalue weighted by Crippen LogP contribution is -2.26. The van der Waals surface area contributed by atoms with Crippen molar-refractivity contribution in [2.45, 2.75) is 25.9 Å². The first-order valence-corrected chi connectivity index (χ1v) is 10.0. The van der Waals surface area contributed by atoms with Gasteiger partial charge in [0.25, 0.3) is 5.91 Å². The topological polar surface area (TPSA) is 67.8 Å². The Morgan fingerprint density at radius 2 is 1.40 bits per heavy atom. The average Bonchev–Trinajstić information content (AvgIpc) is 2.77. The summed E-state index contributed by atoms with van der Waals surface area (Å²) in [6, 6.07) is 24.0. The van der Waals surface area contributed by atoms with Crippen LogP contribution in [0.2, 0.25) is 0 Å². The molecule has 156 valence electrons. The van der Waals surface area contributed by atoms with E-state index in [-0.39, 0.29) is 19.1 Å².